The molecule has 0 saturated heterocycles. The molecule has 0 radical (unpaired) electrons. The third-order valence-electron chi connectivity index (χ3n) is 3.16. The fourth-order valence-corrected chi connectivity index (χ4v) is 2.01. The molecular weight excluding hydrogens is 266 g/mol. The van der Waals surface area contributed by atoms with Crippen molar-refractivity contribution in [3.8, 4) is 17.0 Å². The number of carbonyl (C=O) groups is 1. The zero-order valence-corrected chi connectivity index (χ0v) is 11.4. The molecule has 0 atom stereocenters. The maximum atomic E-state index is 12.2. The summed E-state index contributed by atoms with van der Waals surface area (Å²) in [6, 6.07) is 18.0. The Morgan fingerprint density at radius 1 is 1.05 bits per heavy atom. The van der Waals surface area contributed by atoms with Crippen molar-refractivity contribution in [2.45, 2.75) is 0 Å². The molecule has 0 aliphatic carbocycles. The Morgan fingerprint density at radius 3 is 2.43 bits per heavy atom. The van der Waals surface area contributed by atoms with Crippen molar-refractivity contribution in [1.82, 2.24) is 5.16 Å². The summed E-state index contributed by atoms with van der Waals surface area (Å²) < 4.78 is 10.3. The number of aromatic nitrogens is 1. The first-order chi connectivity index (χ1) is 10.3. The molecule has 1 aromatic heterocycles. The van der Waals surface area contributed by atoms with Crippen molar-refractivity contribution in [3.63, 3.8) is 0 Å². The molecule has 0 unspecified atom stereocenters. The highest BCUT2D eigenvalue weighted by Gasteiger charge is 2.15. The van der Waals surface area contributed by atoms with Gasteiger partial charge in [-0.05, 0) is 24.3 Å². The molecule has 0 saturated carbocycles. The molecular formula is C17H13NO3. The first kappa shape index (κ1) is 13.1. The lowest BCUT2D eigenvalue weighted by atomic mass is 10.1. The number of ketones is 1. The van der Waals surface area contributed by atoms with E-state index < -0.39 is 0 Å². The van der Waals surface area contributed by atoms with Gasteiger partial charge in [0, 0.05) is 17.2 Å². The average Bonchev–Trinajstić information content (AvgIpc) is 3.05. The summed E-state index contributed by atoms with van der Waals surface area (Å²) in [5.41, 5.74) is 2.07. The monoisotopic (exact) mass is 279 g/mol. The van der Waals surface area contributed by atoms with Gasteiger partial charge >= 0.3 is 0 Å². The van der Waals surface area contributed by atoms with Crippen LogP contribution >= 0.6 is 0 Å². The van der Waals surface area contributed by atoms with Crippen LogP contribution in [0.4, 0.5) is 0 Å². The number of nitrogens with zero attached hydrogens (tertiary/aromatic N) is 1. The van der Waals surface area contributed by atoms with E-state index in [4.69, 9.17) is 9.26 Å². The molecule has 21 heavy (non-hydrogen) atoms. The van der Waals surface area contributed by atoms with E-state index in [-0.39, 0.29) is 11.5 Å². The third kappa shape index (κ3) is 2.69. The predicted molar refractivity (Wildman–Crippen MR) is 78.4 cm³/mol. The molecule has 3 rings (SSSR count). The van der Waals surface area contributed by atoms with E-state index >= 15 is 0 Å². The lowest BCUT2D eigenvalue weighted by molar-refractivity contribution is 0.100. The molecule has 3 aromatic rings. The van der Waals surface area contributed by atoms with Gasteiger partial charge in [-0.15, -0.1) is 0 Å². The van der Waals surface area contributed by atoms with Crippen LogP contribution in [0.1, 0.15) is 16.1 Å². The summed E-state index contributed by atoms with van der Waals surface area (Å²) in [7, 11) is 1.61. The van der Waals surface area contributed by atoms with Gasteiger partial charge in [0.2, 0.25) is 11.5 Å². The van der Waals surface area contributed by atoms with E-state index in [2.05, 4.69) is 5.16 Å². The van der Waals surface area contributed by atoms with Gasteiger partial charge < -0.3 is 9.26 Å². The zero-order valence-electron chi connectivity index (χ0n) is 11.4. The van der Waals surface area contributed by atoms with Crippen molar-refractivity contribution in [1.29, 1.82) is 0 Å². The number of hydrogen-bond acceptors (Lipinski definition) is 4. The maximum absolute atomic E-state index is 12.2. The van der Waals surface area contributed by atoms with Gasteiger partial charge in [0.25, 0.3) is 0 Å². The molecule has 0 bridgehead atoms. The van der Waals surface area contributed by atoms with Gasteiger partial charge in [-0.3, -0.25) is 4.79 Å². The van der Waals surface area contributed by atoms with E-state index in [1.54, 1.807) is 25.3 Å². The van der Waals surface area contributed by atoms with Gasteiger partial charge in [0.05, 0.1) is 7.11 Å². The van der Waals surface area contributed by atoms with Crippen molar-refractivity contribution in [2.75, 3.05) is 7.11 Å². The number of hydrogen-bond donors (Lipinski definition) is 0. The summed E-state index contributed by atoms with van der Waals surface area (Å²) in [5.74, 6) is 0.817. The first-order valence-electron chi connectivity index (χ1n) is 6.49. The molecule has 0 fully saturated rings. The fourth-order valence-electron chi connectivity index (χ4n) is 2.01. The first-order valence-corrected chi connectivity index (χ1v) is 6.49. The van der Waals surface area contributed by atoms with Crippen LogP contribution in [-0.2, 0) is 0 Å². The highest BCUT2D eigenvalue weighted by atomic mass is 16.5. The zero-order chi connectivity index (χ0) is 14.7. The number of ether oxygens (including phenoxy) is 1. The third-order valence-corrected chi connectivity index (χ3v) is 3.16. The van der Waals surface area contributed by atoms with Gasteiger partial charge in [0.15, 0.2) is 0 Å². The fraction of sp³-hybridized carbons (Fsp3) is 0.0588. The average molecular weight is 279 g/mol. The lowest BCUT2D eigenvalue weighted by Crippen LogP contribution is -1.98. The Balaban J connectivity index is 1.87. The quantitative estimate of drug-likeness (QED) is 0.685. The van der Waals surface area contributed by atoms with E-state index in [1.807, 2.05) is 42.5 Å². The minimum atomic E-state index is -0.178. The Labute approximate surface area is 122 Å². The second-order valence-electron chi connectivity index (χ2n) is 4.50. The minimum absolute atomic E-state index is 0.178. The largest absolute Gasteiger partial charge is 0.497 e. The topological polar surface area (TPSA) is 52.3 Å². The molecule has 4 nitrogen and oxygen atoms in total. The number of rotatable bonds is 4. The highest BCUT2D eigenvalue weighted by Crippen LogP contribution is 2.23. The van der Waals surface area contributed by atoms with Gasteiger partial charge in [0.1, 0.15) is 11.4 Å². The molecule has 0 aliphatic heterocycles. The summed E-state index contributed by atoms with van der Waals surface area (Å²) in [4.78, 5) is 12.2. The summed E-state index contributed by atoms with van der Waals surface area (Å²) in [5, 5.41) is 3.95. The van der Waals surface area contributed by atoms with E-state index in [0.29, 0.717) is 11.3 Å². The van der Waals surface area contributed by atoms with Crippen molar-refractivity contribution >= 4 is 5.78 Å². The van der Waals surface area contributed by atoms with Gasteiger partial charge in [-0.25, -0.2) is 0 Å². The van der Waals surface area contributed by atoms with Crippen LogP contribution in [0.15, 0.2) is 65.2 Å². The van der Waals surface area contributed by atoms with Crippen LogP contribution in [0, 0.1) is 0 Å². The summed E-state index contributed by atoms with van der Waals surface area (Å²) in [6.07, 6.45) is 0. The van der Waals surface area contributed by atoms with Gasteiger partial charge in [-0.2, -0.15) is 0 Å². The second kappa shape index (κ2) is 5.63. The summed E-state index contributed by atoms with van der Waals surface area (Å²) in [6.45, 7) is 0. The molecule has 0 amide bonds. The number of benzene rings is 2. The van der Waals surface area contributed by atoms with E-state index in [1.165, 1.54) is 0 Å². The van der Waals surface area contributed by atoms with Crippen LogP contribution in [0.3, 0.4) is 0 Å². The highest BCUT2D eigenvalue weighted by molar-refractivity contribution is 6.07. The van der Waals surface area contributed by atoms with Crippen LogP contribution in [-0.4, -0.2) is 18.0 Å². The molecule has 1 heterocycles. The Hall–Kier alpha value is -2.88. The minimum Gasteiger partial charge on any atom is -0.497 e. The Bertz CT molecular complexity index is 745. The van der Waals surface area contributed by atoms with Crippen molar-refractivity contribution in [3.05, 3.63) is 72.0 Å². The molecule has 104 valence electrons. The van der Waals surface area contributed by atoms with E-state index in [9.17, 15) is 4.79 Å². The Morgan fingerprint density at radius 2 is 1.76 bits per heavy atom. The standard InChI is InChI=1S/C17H13NO3/c1-20-14-9-7-12(8-10-14)15-11-16(21-18-15)17(19)13-5-3-2-4-6-13/h2-11H,1H3. The SMILES string of the molecule is COc1ccc(-c2cc(C(=O)c3ccccc3)on2)cc1. The molecule has 4 heteroatoms. The molecule has 0 N–H and O–H groups in total. The lowest BCUT2D eigenvalue weighted by Gasteiger charge is -1.99. The van der Waals surface area contributed by atoms with Crippen molar-refractivity contribution in [2.24, 2.45) is 0 Å². The molecule has 0 spiro atoms. The second-order valence-corrected chi connectivity index (χ2v) is 4.50. The summed E-state index contributed by atoms with van der Waals surface area (Å²) >= 11 is 0. The predicted octanol–water partition coefficient (Wildman–Crippen LogP) is 3.58. The Kier molecular flexibility index (Phi) is 3.51. The number of methoxy groups -OCH3 is 1. The van der Waals surface area contributed by atoms with Crippen molar-refractivity contribution < 1.29 is 14.1 Å². The van der Waals surface area contributed by atoms with E-state index in [0.717, 1.165) is 11.3 Å². The van der Waals surface area contributed by atoms with Crippen LogP contribution in [0.25, 0.3) is 11.3 Å². The van der Waals surface area contributed by atoms with Crippen LogP contribution in [0.5, 0.6) is 5.75 Å². The van der Waals surface area contributed by atoms with Crippen LogP contribution in [0.2, 0.25) is 0 Å². The normalized spacial score (nSPS) is 10.3. The smallest absolute Gasteiger partial charge is 0.231 e. The van der Waals surface area contributed by atoms with Crippen LogP contribution < -0.4 is 4.74 Å². The molecule has 0 aliphatic rings. The molecule has 2 aromatic carbocycles. The van der Waals surface area contributed by atoms with Gasteiger partial charge in [-0.1, -0.05) is 35.5 Å². The maximum Gasteiger partial charge on any atom is 0.231 e. The number of carbonyl (C=O) groups excluding carboxylic acids is 1.